The Hall–Kier alpha value is -0.320. The van der Waals surface area contributed by atoms with Crippen molar-refractivity contribution in [3.05, 3.63) is 0 Å². The van der Waals surface area contributed by atoms with Gasteiger partial charge < -0.3 is 15.0 Å². The summed E-state index contributed by atoms with van der Waals surface area (Å²) >= 11 is 0. The van der Waals surface area contributed by atoms with Crippen molar-refractivity contribution in [2.24, 2.45) is 11.8 Å². The van der Waals surface area contributed by atoms with Gasteiger partial charge in [0.15, 0.2) is 0 Å². The Bertz CT molecular complexity index is 311. The number of halogens is 1. The third-order valence-electron chi connectivity index (χ3n) is 4.80. The van der Waals surface area contributed by atoms with Crippen LogP contribution in [0.25, 0.3) is 0 Å². The van der Waals surface area contributed by atoms with Crippen LogP contribution in [0.2, 0.25) is 0 Å². The molecule has 0 aromatic carbocycles. The third-order valence-corrected chi connectivity index (χ3v) is 4.80. The lowest BCUT2D eigenvalue weighted by atomic mass is 9.84. The maximum absolute atomic E-state index is 12.1. The third kappa shape index (κ3) is 5.42. The first kappa shape index (κ1) is 18.7. The molecule has 2 fully saturated rings. The van der Waals surface area contributed by atoms with Crippen LogP contribution in [0.5, 0.6) is 0 Å². The Labute approximate surface area is 135 Å². The Morgan fingerprint density at radius 3 is 2.67 bits per heavy atom. The fourth-order valence-corrected chi connectivity index (χ4v) is 3.37. The average molecular weight is 319 g/mol. The zero-order chi connectivity index (χ0) is 14.4. The van der Waals surface area contributed by atoms with Crippen LogP contribution in [0, 0.1) is 11.8 Å². The normalized spacial score (nSPS) is 26.2. The van der Waals surface area contributed by atoms with Gasteiger partial charge in [0.05, 0.1) is 0 Å². The lowest BCUT2D eigenvalue weighted by Gasteiger charge is -2.27. The number of methoxy groups -OCH3 is 1. The molecule has 5 heteroatoms. The minimum absolute atomic E-state index is 0. The van der Waals surface area contributed by atoms with Gasteiger partial charge in [0.25, 0.3) is 0 Å². The molecule has 1 heterocycles. The lowest BCUT2D eigenvalue weighted by Crippen LogP contribution is -2.45. The molecule has 1 N–H and O–H groups in total. The van der Waals surface area contributed by atoms with Crippen molar-refractivity contribution in [3.8, 4) is 0 Å². The second-order valence-electron chi connectivity index (χ2n) is 6.40. The quantitative estimate of drug-likeness (QED) is 0.699. The topological polar surface area (TPSA) is 41.6 Å². The molecule has 2 rings (SSSR count). The first-order chi connectivity index (χ1) is 9.74. The van der Waals surface area contributed by atoms with Gasteiger partial charge >= 0.3 is 0 Å². The van der Waals surface area contributed by atoms with Gasteiger partial charge in [-0.3, -0.25) is 4.79 Å². The maximum Gasteiger partial charge on any atom is 0.223 e. The number of ether oxygens (including phenoxy) is 1. The fraction of sp³-hybridized carbons (Fsp3) is 0.938. The highest BCUT2D eigenvalue weighted by molar-refractivity contribution is 5.85. The number of likely N-dealkylation sites (tertiary alicyclic amines) is 1. The van der Waals surface area contributed by atoms with Gasteiger partial charge in [-0.15, -0.1) is 12.4 Å². The minimum Gasteiger partial charge on any atom is -0.385 e. The molecule has 0 bridgehead atoms. The van der Waals surface area contributed by atoms with E-state index in [2.05, 4.69) is 17.1 Å². The predicted molar refractivity (Wildman–Crippen MR) is 87.9 cm³/mol. The van der Waals surface area contributed by atoms with Gasteiger partial charge in [-0.25, -0.2) is 0 Å². The van der Waals surface area contributed by atoms with Gasteiger partial charge in [-0.2, -0.15) is 0 Å². The zero-order valence-corrected chi connectivity index (χ0v) is 14.3. The molecule has 0 aromatic rings. The van der Waals surface area contributed by atoms with Crippen LogP contribution in [0.3, 0.4) is 0 Å². The number of carbonyl (C=O) groups is 1. The molecule has 0 aromatic heterocycles. The Morgan fingerprint density at radius 1 is 1.33 bits per heavy atom. The number of nitrogens with one attached hydrogen (secondary N) is 1. The molecule has 4 nitrogen and oxygen atoms in total. The monoisotopic (exact) mass is 318 g/mol. The summed E-state index contributed by atoms with van der Waals surface area (Å²) in [5.41, 5.74) is 0. The first-order valence-electron chi connectivity index (χ1n) is 8.26. The number of amides is 1. The predicted octanol–water partition coefficient (Wildman–Crippen LogP) is 2.46. The van der Waals surface area contributed by atoms with Gasteiger partial charge in [-0.05, 0) is 31.6 Å². The summed E-state index contributed by atoms with van der Waals surface area (Å²) in [6.45, 7) is 6.30. The smallest absolute Gasteiger partial charge is 0.223 e. The van der Waals surface area contributed by atoms with Crippen molar-refractivity contribution in [1.82, 2.24) is 10.2 Å². The Kier molecular flexibility index (Phi) is 8.60. The van der Waals surface area contributed by atoms with E-state index in [-0.39, 0.29) is 12.4 Å². The molecule has 1 saturated carbocycles. The van der Waals surface area contributed by atoms with E-state index in [0.717, 1.165) is 45.5 Å². The second-order valence-corrected chi connectivity index (χ2v) is 6.40. The molecule has 2 aliphatic rings. The number of nitrogens with zero attached hydrogens (tertiary/aromatic N) is 1. The molecular weight excluding hydrogens is 288 g/mol. The first-order valence-corrected chi connectivity index (χ1v) is 8.26. The summed E-state index contributed by atoms with van der Waals surface area (Å²) in [6.07, 6.45) is 6.91. The number of rotatable bonds is 8. The van der Waals surface area contributed by atoms with Crippen molar-refractivity contribution in [2.75, 3.05) is 33.4 Å². The number of hydrogen-bond acceptors (Lipinski definition) is 3. The maximum atomic E-state index is 12.1. The fourth-order valence-electron chi connectivity index (χ4n) is 3.37. The summed E-state index contributed by atoms with van der Waals surface area (Å²) in [4.78, 5) is 14.6. The Balaban J connectivity index is 0.00000220. The van der Waals surface area contributed by atoms with Gasteiger partial charge in [-0.1, -0.05) is 19.8 Å². The lowest BCUT2D eigenvalue weighted by molar-refractivity contribution is -0.128. The van der Waals surface area contributed by atoms with Crippen molar-refractivity contribution in [2.45, 2.75) is 51.5 Å². The van der Waals surface area contributed by atoms with E-state index in [9.17, 15) is 4.79 Å². The molecule has 1 aliphatic heterocycles. The standard InChI is InChI=1S/C16H30N2O2.ClH/c1-3-6-14-11-18(9-5-10-20-2)12-15(14)17-16(19)13-7-4-8-13;/h13-15H,3-12H2,1-2H3,(H,17,19);1H/t14-,15-;/m0./s1. The van der Waals surface area contributed by atoms with E-state index in [1.807, 2.05) is 0 Å². The molecule has 0 spiro atoms. The van der Waals surface area contributed by atoms with E-state index in [1.54, 1.807) is 7.11 Å². The molecule has 2 atom stereocenters. The van der Waals surface area contributed by atoms with Crippen LogP contribution >= 0.6 is 12.4 Å². The average Bonchev–Trinajstić information content (AvgIpc) is 2.70. The summed E-state index contributed by atoms with van der Waals surface area (Å²) in [7, 11) is 1.76. The van der Waals surface area contributed by atoms with Gasteiger partial charge in [0, 0.05) is 45.3 Å². The molecule has 21 heavy (non-hydrogen) atoms. The Morgan fingerprint density at radius 2 is 2.10 bits per heavy atom. The second kappa shape index (κ2) is 9.65. The molecular formula is C16H31ClN2O2. The molecule has 124 valence electrons. The van der Waals surface area contributed by atoms with E-state index in [0.29, 0.717) is 23.8 Å². The summed E-state index contributed by atoms with van der Waals surface area (Å²) in [5.74, 6) is 1.24. The molecule has 0 unspecified atom stereocenters. The van der Waals surface area contributed by atoms with E-state index in [4.69, 9.17) is 4.74 Å². The number of hydrogen-bond donors (Lipinski definition) is 1. The minimum atomic E-state index is 0. The summed E-state index contributed by atoms with van der Waals surface area (Å²) in [5, 5.41) is 3.32. The highest BCUT2D eigenvalue weighted by Gasteiger charge is 2.35. The highest BCUT2D eigenvalue weighted by Crippen LogP contribution is 2.28. The van der Waals surface area contributed by atoms with Crippen LogP contribution in [-0.2, 0) is 9.53 Å². The van der Waals surface area contributed by atoms with Crippen LogP contribution in [0.1, 0.15) is 45.4 Å². The number of carbonyl (C=O) groups excluding carboxylic acids is 1. The van der Waals surface area contributed by atoms with Crippen molar-refractivity contribution < 1.29 is 9.53 Å². The van der Waals surface area contributed by atoms with E-state index >= 15 is 0 Å². The molecule has 1 amide bonds. The molecule has 1 aliphatic carbocycles. The van der Waals surface area contributed by atoms with Crippen LogP contribution in [0.4, 0.5) is 0 Å². The van der Waals surface area contributed by atoms with Crippen LogP contribution in [-0.4, -0.2) is 50.2 Å². The van der Waals surface area contributed by atoms with Crippen LogP contribution in [0.15, 0.2) is 0 Å². The van der Waals surface area contributed by atoms with Crippen molar-refractivity contribution in [3.63, 3.8) is 0 Å². The van der Waals surface area contributed by atoms with E-state index in [1.165, 1.54) is 19.3 Å². The van der Waals surface area contributed by atoms with Crippen molar-refractivity contribution in [1.29, 1.82) is 0 Å². The highest BCUT2D eigenvalue weighted by atomic mass is 35.5. The van der Waals surface area contributed by atoms with Crippen LogP contribution < -0.4 is 5.32 Å². The SMILES string of the molecule is CCC[C@H]1CN(CCCOC)C[C@@H]1NC(=O)C1CCC1.Cl. The zero-order valence-electron chi connectivity index (χ0n) is 13.5. The summed E-state index contributed by atoms with van der Waals surface area (Å²) < 4.78 is 5.12. The van der Waals surface area contributed by atoms with Gasteiger partial charge in [0.1, 0.15) is 0 Å². The van der Waals surface area contributed by atoms with E-state index < -0.39 is 0 Å². The van der Waals surface area contributed by atoms with Gasteiger partial charge in [0.2, 0.25) is 5.91 Å². The van der Waals surface area contributed by atoms with Crippen molar-refractivity contribution >= 4 is 18.3 Å². The summed E-state index contributed by atoms with van der Waals surface area (Å²) in [6, 6.07) is 0.366. The molecule has 1 saturated heterocycles. The largest absolute Gasteiger partial charge is 0.385 e. The molecule has 0 radical (unpaired) electrons.